The maximum Gasteiger partial charge on any atom is 0.491 e. The van der Waals surface area contributed by atoms with E-state index in [1.165, 1.54) is 18.5 Å². The van der Waals surface area contributed by atoms with E-state index in [4.69, 9.17) is 10.7 Å². The Balaban J connectivity index is 1.65. The molecule has 1 aliphatic heterocycles. The fourth-order valence-corrected chi connectivity index (χ4v) is 4.23. The van der Waals surface area contributed by atoms with E-state index in [0.717, 1.165) is 27.8 Å². The van der Waals surface area contributed by atoms with Crippen LogP contribution in [0.5, 0.6) is 5.75 Å². The number of amidine groups is 1. The van der Waals surface area contributed by atoms with E-state index in [1.54, 1.807) is 24.5 Å². The second kappa shape index (κ2) is 8.35. The number of aromatic nitrogens is 2. The molecule has 0 radical (unpaired) electrons. The van der Waals surface area contributed by atoms with Crippen molar-refractivity contribution in [3.05, 3.63) is 114 Å². The van der Waals surface area contributed by atoms with Crippen molar-refractivity contribution in [1.82, 2.24) is 9.97 Å². The average Bonchev–Trinajstić information content (AvgIpc) is 3.18. The van der Waals surface area contributed by atoms with Crippen LogP contribution in [0.15, 0.2) is 96.5 Å². The Morgan fingerprint density at radius 1 is 0.857 bits per heavy atom. The zero-order valence-corrected chi connectivity index (χ0v) is 18.0. The lowest BCUT2D eigenvalue weighted by Crippen LogP contribution is -2.28. The van der Waals surface area contributed by atoms with Gasteiger partial charge in [0.15, 0.2) is 0 Å². The van der Waals surface area contributed by atoms with Crippen molar-refractivity contribution in [1.29, 1.82) is 0 Å². The Morgan fingerprint density at radius 2 is 1.57 bits per heavy atom. The zero-order valence-electron chi connectivity index (χ0n) is 18.0. The molecule has 1 aliphatic rings. The number of alkyl halides is 3. The number of ether oxygens (including phenoxy) is 1. The van der Waals surface area contributed by atoms with Gasteiger partial charge in [0.2, 0.25) is 0 Å². The quantitative estimate of drug-likeness (QED) is 0.344. The lowest BCUT2D eigenvalue weighted by molar-refractivity contribution is -0.189. The first-order valence-corrected chi connectivity index (χ1v) is 10.5. The normalized spacial score (nSPS) is 16.9. The highest BCUT2D eigenvalue weighted by Crippen LogP contribution is 2.46. The highest BCUT2D eigenvalue weighted by Gasteiger charge is 2.44. The van der Waals surface area contributed by atoms with E-state index in [1.807, 2.05) is 48.5 Å². The highest BCUT2D eigenvalue weighted by molar-refractivity contribution is 6.03. The number of benzene rings is 3. The van der Waals surface area contributed by atoms with Crippen LogP contribution in [-0.2, 0) is 10.3 Å². The zero-order chi connectivity index (χ0) is 24.6. The van der Waals surface area contributed by atoms with Crippen LogP contribution >= 0.6 is 0 Å². The number of halogens is 3. The molecule has 4 aromatic rings. The molecule has 3 aromatic carbocycles. The summed E-state index contributed by atoms with van der Waals surface area (Å²) >= 11 is 0. The molecule has 35 heavy (non-hydrogen) atoms. The Hall–Kier alpha value is -4.53. The summed E-state index contributed by atoms with van der Waals surface area (Å²) in [4.78, 5) is 24.3. The van der Waals surface area contributed by atoms with Gasteiger partial charge in [-0.15, -0.1) is 0 Å². The number of nitrogens with zero attached hydrogens (tertiary/aromatic N) is 3. The molecule has 5 rings (SSSR count). The maximum absolute atomic E-state index is 12.6. The van der Waals surface area contributed by atoms with E-state index >= 15 is 0 Å². The van der Waals surface area contributed by atoms with Crippen molar-refractivity contribution in [3.63, 3.8) is 0 Å². The molecule has 1 unspecified atom stereocenters. The van der Waals surface area contributed by atoms with Crippen LogP contribution in [0.3, 0.4) is 0 Å². The summed E-state index contributed by atoms with van der Waals surface area (Å²) in [6.45, 7) is 0. The third-order valence-electron chi connectivity index (χ3n) is 5.77. The minimum atomic E-state index is -5.09. The van der Waals surface area contributed by atoms with E-state index in [9.17, 15) is 18.0 Å². The number of fused-ring (bicyclic) bond motifs is 1. The van der Waals surface area contributed by atoms with Gasteiger partial charge in [0.25, 0.3) is 0 Å². The molecule has 1 atom stereocenters. The van der Waals surface area contributed by atoms with Gasteiger partial charge in [-0.2, -0.15) is 13.2 Å². The number of hydrogen-bond donors (Lipinski definition) is 1. The van der Waals surface area contributed by atoms with Gasteiger partial charge in [-0.3, -0.25) is 0 Å². The fourth-order valence-electron chi connectivity index (χ4n) is 4.23. The molecular formula is C26H17F3N4O2. The number of hydrogen-bond acceptors (Lipinski definition) is 6. The van der Waals surface area contributed by atoms with Crippen molar-refractivity contribution < 1.29 is 22.7 Å². The number of nitrogens with two attached hydrogens (primary N) is 1. The molecule has 1 aromatic heterocycles. The van der Waals surface area contributed by atoms with Gasteiger partial charge in [-0.25, -0.2) is 19.8 Å². The van der Waals surface area contributed by atoms with Gasteiger partial charge < -0.3 is 10.5 Å². The van der Waals surface area contributed by atoms with Gasteiger partial charge in [0.1, 0.15) is 23.5 Å². The van der Waals surface area contributed by atoms with Crippen LogP contribution in [-0.4, -0.2) is 27.9 Å². The van der Waals surface area contributed by atoms with Crippen molar-refractivity contribution in [2.75, 3.05) is 0 Å². The van der Waals surface area contributed by atoms with E-state index in [2.05, 4.69) is 14.7 Å². The van der Waals surface area contributed by atoms with Gasteiger partial charge in [-0.1, -0.05) is 54.6 Å². The largest absolute Gasteiger partial charge is 0.491 e. The van der Waals surface area contributed by atoms with E-state index in [0.29, 0.717) is 11.4 Å². The first-order chi connectivity index (χ1) is 16.8. The van der Waals surface area contributed by atoms with Crippen LogP contribution in [0.4, 0.5) is 13.2 Å². The van der Waals surface area contributed by atoms with Crippen molar-refractivity contribution in [2.24, 2.45) is 10.7 Å². The monoisotopic (exact) mass is 474 g/mol. The van der Waals surface area contributed by atoms with Gasteiger partial charge in [0, 0.05) is 23.5 Å². The summed E-state index contributed by atoms with van der Waals surface area (Å²) in [7, 11) is 0. The molecule has 9 heteroatoms. The summed E-state index contributed by atoms with van der Waals surface area (Å²) in [6, 6.07) is 20.9. The van der Waals surface area contributed by atoms with Gasteiger partial charge >= 0.3 is 12.1 Å². The number of rotatable bonds is 4. The fraction of sp³-hybridized carbons (Fsp3) is 0.0769. The maximum atomic E-state index is 12.6. The lowest BCUT2D eigenvalue weighted by Gasteiger charge is -2.29. The number of esters is 1. The Morgan fingerprint density at radius 3 is 2.29 bits per heavy atom. The number of aliphatic imine (C=N–C) groups is 1. The molecule has 6 nitrogen and oxygen atoms in total. The molecular weight excluding hydrogens is 457 g/mol. The first kappa shape index (κ1) is 22.3. The SMILES string of the molecule is NC1=NC(c2ccc(OC(=O)C(F)(F)F)cc2)(c2cccc(-c3cncnc3)c2)c2ccccc21. The Labute approximate surface area is 198 Å². The smallest absolute Gasteiger partial charge is 0.420 e. The molecule has 0 saturated heterocycles. The minimum absolute atomic E-state index is 0.232. The van der Waals surface area contributed by atoms with Gasteiger partial charge in [0.05, 0.1) is 0 Å². The van der Waals surface area contributed by atoms with Crippen molar-refractivity contribution >= 4 is 11.8 Å². The molecule has 0 amide bonds. The van der Waals surface area contributed by atoms with Crippen LogP contribution in [0.25, 0.3) is 11.1 Å². The van der Waals surface area contributed by atoms with Crippen molar-refractivity contribution in [2.45, 2.75) is 11.7 Å². The number of carbonyl (C=O) groups excluding carboxylic acids is 1. The van der Waals surface area contributed by atoms with Crippen molar-refractivity contribution in [3.8, 4) is 16.9 Å². The summed E-state index contributed by atoms with van der Waals surface area (Å²) < 4.78 is 42.3. The van der Waals surface area contributed by atoms with Crippen LogP contribution in [0, 0.1) is 0 Å². The average molecular weight is 474 g/mol. The predicted octanol–water partition coefficient (Wildman–Crippen LogP) is 4.62. The summed E-state index contributed by atoms with van der Waals surface area (Å²) in [5.41, 5.74) is 9.92. The molecule has 0 bridgehead atoms. The molecule has 0 fully saturated rings. The molecule has 0 aliphatic carbocycles. The molecule has 2 heterocycles. The third kappa shape index (κ3) is 3.90. The van der Waals surface area contributed by atoms with Crippen LogP contribution in [0.1, 0.15) is 22.3 Å². The minimum Gasteiger partial charge on any atom is -0.420 e. The van der Waals surface area contributed by atoms with Crippen LogP contribution < -0.4 is 10.5 Å². The topological polar surface area (TPSA) is 90.5 Å². The molecule has 174 valence electrons. The highest BCUT2D eigenvalue weighted by atomic mass is 19.4. The van der Waals surface area contributed by atoms with E-state index < -0.39 is 17.7 Å². The lowest BCUT2D eigenvalue weighted by atomic mass is 9.77. The second-order valence-corrected chi connectivity index (χ2v) is 7.87. The third-order valence-corrected chi connectivity index (χ3v) is 5.77. The van der Waals surface area contributed by atoms with E-state index in [-0.39, 0.29) is 5.75 Å². The summed E-state index contributed by atoms with van der Waals surface area (Å²) in [5, 5.41) is 0. The first-order valence-electron chi connectivity index (χ1n) is 10.5. The Kier molecular flexibility index (Phi) is 5.32. The molecule has 0 saturated carbocycles. The Bertz CT molecular complexity index is 1440. The summed E-state index contributed by atoms with van der Waals surface area (Å²) in [6.07, 6.45) is -0.254. The summed E-state index contributed by atoms with van der Waals surface area (Å²) in [5.74, 6) is -2.18. The predicted molar refractivity (Wildman–Crippen MR) is 123 cm³/mol. The molecule has 2 N–H and O–H groups in total. The number of carbonyl (C=O) groups is 1. The second-order valence-electron chi connectivity index (χ2n) is 7.87. The standard InChI is InChI=1S/C26H17F3N4O2/c27-26(28,29)24(34)35-20-10-8-18(9-11-20)25(22-7-2-1-6-21(22)23(30)33-25)19-5-3-4-16(12-19)17-13-31-15-32-14-17/h1-15H,(H2,30,33). The van der Waals surface area contributed by atoms with Gasteiger partial charge in [-0.05, 0) is 40.5 Å². The molecule has 0 spiro atoms. The van der Waals surface area contributed by atoms with Crippen LogP contribution in [0.2, 0.25) is 0 Å².